The number of hydrogen-bond donors (Lipinski definition) is 2. The van der Waals surface area contributed by atoms with E-state index >= 15 is 0 Å². The summed E-state index contributed by atoms with van der Waals surface area (Å²) >= 11 is 0. The summed E-state index contributed by atoms with van der Waals surface area (Å²) in [5.41, 5.74) is 0.570. The topological polar surface area (TPSA) is 96.0 Å². The van der Waals surface area contributed by atoms with Gasteiger partial charge in [0.15, 0.2) is 5.82 Å². The summed E-state index contributed by atoms with van der Waals surface area (Å²) in [6.45, 7) is 7.46. The molecule has 2 aromatic rings. The Morgan fingerprint density at radius 1 is 1.52 bits per heavy atom. The zero-order chi connectivity index (χ0) is 17.8. The molecule has 1 amide bonds. The van der Waals surface area contributed by atoms with Crippen molar-refractivity contribution in [1.82, 2.24) is 25.1 Å². The fourth-order valence-corrected chi connectivity index (χ4v) is 2.74. The minimum absolute atomic E-state index is 0.0594. The predicted molar refractivity (Wildman–Crippen MR) is 93.4 cm³/mol. The van der Waals surface area contributed by atoms with E-state index in [-0.39, 0.29) is 18.1 Å². The van der Waals surface area contributed by atoms with Gasteiger partial charge >= 0.3 is 0 Å². The van der Waals surface area contributed by atoms with Crippen LogP contribution in [0.2, 0.25) is 0 Å². The minimum Gasteiger partial charge on any atom is -0.367 e. The van der Waals surface area contributed by atoms with Crippen LogP contribution in [-0.2, 0) is 11.2 Å². The molecule has 0 bridgehead atoms. The first-order valence-electron chi connectivity index (χ1n) is 8.62. The number of pyridine rings is 1. The maximum atomic E-state index is 13.0. The van der Waals surface area contributed by atoms with Crippen LogP contribution in [0.15, 0.2) is 18.3 Å². The number of nitrogens with zero attached hydrogens (tertiary/aromatic N) is 4. The number of nitrogens with one attached hydrogen (secondary N) is 2. The Bertz CT molecular complexity index is 729. The maximum absolute atomic E-state index is 13.0. The maximum Gasteiger partial charge on any atom is 0.257 e. The Morgan fingerprint density at radius 3 is 3.08 bits per heavy atom. The molecule has 25 heavy (non-hydrogen) atoms. The molecule has 8 heteroatoms. The molecule has 1 aliphatic rings. The van der Waals surface area contributed by atoms with Gasteiger partial charge in [0.2, 0.25) is 0 Å². The Hall–Kier alpha value is -2.48. The van der Waals surface area contributed by atoms with Gasteiger partial charge in [0.1, 0.15) is 17.7 Å². The summed E-state index contributed by atoms with van der Waals surface area (Å²) in [4.78, 5) is 23.5. The zero-order valence-electron chi connectivity index (χ0n) is 14.8. The van der Waals surface area contributed by atoms with Crippen LogP contribution in [0.25, 0.3) is 0 Å². The molecule has 1 atom stereocenters. The summed E-state index contributed by atoms with van der Waals surface area (Å²) in [6.07, 6.45) is 2.15. The number of rotatable bonds is 5. The van der Waals surface area contributed by atoms with E-state index in [1.807, 2.05) is 20.8 Å². The van der Waals surface area contributed by atoms with Gasteiger partial charge in [0.25, 0.3) is 5.91 Å². The summed E-state index contributed by atoms with van der Waals surface area (Å²) < 4.78 is 5.76. The number of carbonyl (C=O) groups is 1. The lowest BCUT2D eigenvalue weighted by molar-refractivity contribution is -0.0266. The first-order chi connectivity index (χ1) is 12.1. The fraction of sp³-hybridized carbons (Fsp3) is 0.529. The molecule has 0 spiro atoms. The monoisotopic (exact) mass is 344 g/mol. The average Bonchev–Trinajstić information content (AvgIpc) is 3.10. The highest BCUT2D eigenvalue weighted by atomic mass is 16.5. The van der Waals surface area contributed by atoms with Crippen LogP contribution in [0, 0.1) is 0 Å². The summed E-state index contributed by atoms with van der Waals surface area (Å²) in [7, 11) is 0. The van der Waals surface area contributed by atoms with Crippen molar-refractivity contribution < 1.29 is 9.53 Å². The van der Waals surface area contributed by atoms with E-state index in [0.717, 1.165) is 12.2 Å². The van der Waals surface area contributed by atoms with Gasteiger partial charge < -0.3 is 15.0 Å². The van der Waals surface area contributed by atoms with Gasteiger partial charge in [-0.2, -0.15) is 5.10 Å². The fourth-order valence-electron chi connectivity index (χ4n) is 2.74. The van der Waals surface area contributed by atoms with Crippen molar-refractivity contribution in [2.24, 2.45) is 0 Å². The second-order valence-electron chi connectivity index (χ2n) is 6.30. The Labute approximate surface area is 147 Å². The smallest absolute Gasteiger partial charge is 0.257 e. The third-order valence-corrected chi connectivity index (χ3v) is 3.99. The second-order valence-corrected chi connectivity index (χ2v) is 6.30. The largest absolute Gasteiger partial charge is 0.367 e. The zero-order valence-corrected chi connectivity index (χ0v) is 14.8. The Balaban J connectivity index is 1.76. The van der Waals surface area contributed by atoms with E-state index in [1.165, 1.54) is 0 Å². The molecule has 0 saturated carbocycles. The lowest BCUT2D eigenvalue weighted by Crippen LogP contribution is -2.42. The third kappa shape index (κ3) is 3.96. The molecule has 3 heterocycles. The van der Waals surface area contributed by atoms with Crippen LogP contribution in [0.3, 0.4) is 0 Å². The van der Waals surface area contributed by atoms with E-state index in [1.54, 1.807) is 23.2 Å². The predicted octanol–water partition coefficient (Wildman–Crippen LogP) is 1.80. The number of aryl methyl sites for hydroxylation is 1. The van der Waals surface area contributed by atoms with Crippen molar-refractivity contribution in [3.05, 3.63) is 35.5 Å². The number of carbonyl (C=O) groups excluding carboxylic acids is 1. The first kappa shape index (κ1) is 17.3. The van der Waals surface area contributed by atoms with Crippen molar-refractivity contribution in [3.8, 4) is 0 Å². The van der Waals surface area contributed by atoms with Gasteiger partial charge in [-0.15, -0.1) is 0 Å². The van der Waals surface area contributed by atoms with Crippen molar-refractivity contribution in [2.75, 3.05) is 25.0 Å². The van der Waals surface area contributed by atoms with Crippen LogP contribution < -0.4 is 5.32 Å². The highest BCUT2D eigenvalue weighted by Crippen LogP contribution is 2.22. The van der Waals surface area contributed by atoms with Crippen molar-refractivity contribution in [2.45, 2.75) is 39.3 Å². The number of morpholine rings is 1. The number of amides is 1. The van der Waals surface area contributed by atoms with Gasteiger partial charge in [-0.05, 0) is 26.0 Å². The number of hydrogen-bond acceptors (Lipinski definition) is 6. The number of anilines is 1. The molecule has 1 saturated heterocycles. The van der Waals surface area contributed by atoms with Gasteiger partial charge in [-0.3, -0.25) is 9.89 Å². The van der Waals surface area contributed by atoms with Crippen LogP contribution >= 0.6 is 0 Å². The minimum atomic E-state index is -0.313. The lowest BCUT2D eigenvalue weighted by atomic mass is 10.1. The Morgan fingerprint density at radius 2 is 2.36 bits per heavy atom. The number of H-pyrrole nitrogens is 1. The summed E-state index contributed by atoms with van der Waals surface area (Å²) in [6, 6.07) is 3.77. The molecule has 8 nitrogen and oxygen atoms in total. The first-order valence-corrected chi connectivity index (χ1v) is 8.62. The molecule has 2 aromatic heterocycles. The quantitative estimate of drug-likeness (QED) is 0.858. The van der Waals surface area contributed by atoms with Gasteiger partial charge in [-0.1, -0.05) is 6.92 Å². The van der Waals surface area contributed by atoms with Crippen LogP contribution in [0.1, 0.15) is 48.9 Å². The van der Waals surface area contributed by atoms with Crippen molar-refractivity contribution in [1.29, 1.82) is 0 Å². The summed E-state index contributed by atoms with van der Waals surface area (Å²) in [5, 5.41) is 10.3. The molecular formula is C17H24N6O2. The molecule has 1 unspecified atom stereocenters. The van der Waals surface area contributed by atoms with E-state index in [4.69, 9.17) is 4.74 Å². The van der Waals surface area contributed by atoms with Crippen molar-refractivity contribution in [3.63, 3.8) is 0 Å². The van der Waals surface area contributed by atoms with Crippen LogP contribution in [0.5, 0.6) is 0 Å². The highest BCUT2D eigenvalue weighted by Gasteiger charge is 2.29. The second kappa shape index (κ2) is 7.60. The lowest BCUT2D eigenvalue weighted by Gasteiger charge is -2.32. The third-order valence-electron chi connectivity index (χ3n) is 3.99. The van der Waals surface area contributed by atoms with E-state index < -0.39 is 0 Å². The number of aromatic amines is 1. The molecule has 0 radical (unpaired) electrons. The SMILES string of the molecule is CCc1nc(C2CN(C(=O)c3cccnc3NC(C)C)CCO2)n[nH]1. The van der Waals surface area contributed by atoms with Gasteiger partial charge in [0.05, 0.1) is 18.7 Å². The molecule has 134 valence electrons. The molecule has 1 fully saturated rings. The number of aromatic nitrogens is 4. The molecular weight excluding hydrogens is 320 g/mol. The van der Waals surface area contributed by atoms with Crippen molar-refractivity contribution >= 4 is 11.7 Å². The molecule has 1 aliphatic heterocycles. The van der Waals surface area contributed by atoms with Gasteiger partial charge in [-0.25, -0.2) is 9.97 Å². The van der Waals surface area contributed by atoms with E-state index in [9.17, 15) is 4.79 Å². The molecule has 0 aliphatic carbocycles. The highest BCUT2D eigenvalue weighted by molar-refractivity contribution is 5.98. The summed E-state index contributed by atoms with van der Waals surface area (Å²) in [5.74, 6) is 1.96. The van der Waals surface area contributed by atoms with E-state index in [2.05, 4.69) is 25.5 Å². The van der Waals surface area contributed by atoms with Gasteiger partial charge in [0, 0.05) is 25.2 Å². The standard InChI is InChI=1S/C17H24N6O2/c1-4-14-20-16(22-21-14)13-10-23(8-9-25-13)17(24)12-6-5-7-18-15(12)19-11(2)3/h5-7,11,13H,4,8-10H2,1-3H3,(H,18,19)(H,20,21,22). The molecule has 3 rings (SSSR count). The number of ether oxygens (including phenoxy) is 1. The van der Waals surface area contributed by atoms with Crippen LogP contribution in [0.4, 0.5) is 5.82 Å². The van der Waals surface area contributed by atoms with Crippen LogP contribution in [-0.4, -0.2) is 56.7 Å². The normalized spacial score (nSPS) is 17.8. The molecule has 0 aromatic carbocycles. The average molecular weight is 344 g/mol. The molecule has 2 N–H and O–H groups in total. The van der Waals surface area contributed by atoms with E-state index in [0.29, 0.717) is 36.9 Å². The Kier molecular flexibility index (Phi) is 5.28.